The van der Waals surface area contributed by atoms with E-state index in [1.807, 2.05) is 0 Å². The average molecular weight is 611 g/mol. The molecule has 0 heterocycles. The van der Waals surface area contributed by atoms with Gasteiger partial charge in [0.15, 0.2) is 0 Å². The Labute approximate surface area is 239 Å². The van der Waals surface area contributed by atoms with E-state index in [2.05, 4.69) is 10.6 Å². The zero-order valence-electron chi connectivity index (χ0n) is 21.8. The maximum Gasteiger partial charge on any atom is 0.296 e. The Morgan fingerprint density at radius 1 is 0.524 bits per heavy atom. The van der Waals surface area contributed by atoms with Crippen molar-refractivity contribution in [1.82, 2.24) is 0 Å². The fourth-order valence-electron chi connectivity index (χ4n) is 4.76. The highest BCUT2D eigenvalue weighted by atomic mass is 32.2. The highest BCUT2D eigenvalue weighted by Crippen LogP contribution is 2.44. The van der Waals surface area contributed by atoms with Gasteiger partial charge < -0.3 is 20.8 Å². The topological polar surface area (TPSA) is 207 Å². The first-order chi connectivity index (χ1) is 19.6. The second kappa shape index (κ2) is 9.95. The van der Waals surface area contributed by atoms with Gasteiger partial charge in [0.2, 0.25) is 11.6 Å². The van der Waals surface area contributed by atoms with Gasteiger partial charge in [0, 0.05) is 0 Å². The number of benzene rings is 4. The Bertz CT molecular complexity index is 1920. The molecule has 0 saturated heterocycles. The first-order valence-electron chi connectivity index (χ1n) is 12.1. The summed E-state index contributed by atoms with van der Waals surface area (Å²) in [5, 5.41) is 26.5. The molecule has 42 heavy (non-hydrogen) atoms. The number of ketones is 2. The Morgan fingerprint density at radius 2 is 0.857 bits per heavy atom. The maximum absolute atomic E-state index is 13.9. The third-order valence-electron chi connectivity index (χ3n) is 6.64. The van der Waals surface area contributed by atoms with Crippen molar-refractivity contribution in [3.8, 4) is 11.5 Å². The van der Waals surface area contributed by atoms with Crippen LogP contribution in [-0.2, 0) is 20.2 Å². The minimum atomic E-state index is -4.73. The molecule has 0 unspecified atom stereocenters. The van der Waals surface area contributed by atoms with E-state index in [-0.39, 0.29) is 33.9 Å². The Kier molecular flexibility index (Phi) is 6.82. The van der Waals surface area contributed by atoms with Crippen molar-refractivity contribution in [1.29, 1.82) is 0 Å². The van der Waals surface area contributed by atoms with E-state index >= 15 is 0 Å². The predicted octanol–water partition coefficient (Wildman–Crippen LogP) is 4.47. The lowest BCUT2D eigenvalue weighted by atomic mass is 9.81. The van der Waals surface area contributed by atoms with Crippen molar-refractivity contribution in [2.75, 3.05) is 10.6 Å². The highest BCUT2D eigenvalue weighted by Gasteiger charge is 2.38. The van der Waals surface area contributed by atoms with Gasteiger partial charge in [0.05, 0.1) is 45.0 Å². The number of aromatic hydroxyl groups is 2. The lowest BCUT2D eigenvalue weighted by Gasteiger charge is -2.25. The monoisotopic (exact) mass is 610 g/mol. The lowest BCUT2D eigenvalue weighted by molar-refractivity contribution is 0.0975. The summed E-state index contributed by atoms with van der Waals surface area (Å²) < 4.78 is 68.0. The molecule has 4 aromatic rings. The number of carbonyl (C=O) groups excluding carboxylic acids is 2. The first kappa shape index (κ1) is 28.8. The maximum atomic E-state index is 13.9. The number of carbonyl (C=O) groups is 2. The third-order valence-corrected chi connectivity index (χ3v) is 8.43. The van der Waals surface area contributed by atoms with Crippen molar-refractivity contribution >= 4 is 54.6 Å². The number of anilines is 4. The quantitative estimate of drug-likeness (QED) is 0.116. The molecule has 0 aromatic heterocycles. The second-order valence-electron chi connectivity index (χ2n) is 9.62. The molecule has 216 valence electrons. The van der Waals surface area contributed by atoms with E-state index in [0.717, 1.165) is 12.1 Å². The van der Waals surface area contributed by atoms with E-state index in [1.165, 1.54) is 36.4 Å². The molecule has 0 spiro atoms. The van der Waals surface area contributed by atoms with E-state index in [9.17, 15) is 45.7 Å². The Hall–Kier alpha value is -4.76. The molecule has 0 bridgehead atoms. The Balaban J connectivity index is 1.77. The van der Waals surface area contributed by atoms with Crippen LogP contribution in [0.25, 0.3) is 0 Å². The number of aryl methyl sites for hydroxylation is 2. The summed E-state index contributed by atoms with van der Waals surface area (Å²) in [6.07, 6.45) is 0. The Morgan fingerprint density at radius 3 is 1.19 bits per heavy atom. The van der Waals surface area contributed by atoms with Crippen LogP contribution in [0.15, 0.2) is 70.5 Å². The molecule has 1 aliphatic rings. The van der Waals surface area contributed by atoms with Gasteiger partial charge in [0.1, 0.15) is 21.3 Å². The van der Waals surface area contributed by atoms with Crippen LogP contribution in [0.5, 0.6) is 11.5 Å². The van der Waals surface area contributed by atoms with Crippen LogP contribution in [0.3, 0.4) is 0 Å². The molecule has 5 rings (SSSR count). The molecule has 6 N–H and O–H groups in total. The molecule has 0 saturated carbocycles. The van der Waals surface area contributed by atoms with Gasteiger partial charge in [-0.05, 0) is 73.5 Å². The van der Waals surface area contributed by atoms with Crippen LogP contribution in [0.2, 0.25) is 0 Å². The fourth-order valence-corrected chi connectivity index (χ4v) is 6.22. The normalized spacial score (nSPS) is 13.0. The largest absolute Gasteiger partial charge is 0.507 e. The van der Waals surface area contributed by atoms with Crippen molar-refractivity contribution in [2.24, 2.45) is 0 Å². The van der Waals surface area contributed by atoms with Crippen molar-refractivity contribution < 1.29 is 45.7 Å². The van der Waals surface area contributed by atoms with Crippen molar-refractivity contribution in [2.45, 2.75) is 23.6 Å². The SMILES string of the molecule is Cc1ccc(Nc2ccc(Nc3ccc(C)cc3S(=O)(=O)O)c3c2C(=O)c2c(O)ccc(O)c2C3=O)c(S(=O)(=O)O)c1. The predicted molar refractivity (Wildman–Crippen MR) is 152 cm³/mol. The van der Waals surface area contributed by atoms with Crippen molar-refractivity contribution in [3.05, 3.63) is 94.0 Å². The number of fused-ring (bicyclic) bond motifs is 2. The number of hydrogen-bond acceptors (Lipinski definition) is 10. The molecule has 0 radical (unpaired) electrons. The van der Waals surface area contributed by atoms with E-state index < -0.39 is 64.2 Å². The summed E-state index contributed by atoms with van der Waals surface area (Å²) >= 11 is 0. The fraction of sp³-hybridized carbons (Fsp3) is 0.0714. The molecule has 0 amide bonds. The first-order valence-corrected chi connectivity index (χ1v) is 15.0. The van der Waals surface area contributed by atoms with Crippen LogP contribution in [-0.4, -0.2) is 47.7 Å². The molecule has 0 atom stereocenters. The van der Waals surface area contributed by atoms with Gasteiger partial charge in [0.25, 0.3) is 20.2 Å². The zero-order valence-corrected chi connectivity index (χ0v) is 23.5. The minimum Gasteiger partial charge on any atom is -0.507 e. The molecular weight excluding hydrogens is 588 g/mol. The van der Waals surface area contributed by atoms with E-state index in [4.69, 9.17) is 0 Å². The smallest absolute Gasteiger partial charge is 0.296 e. The summed E-state index contributed by atoms with van der Waals surface area (Å²) in [7, 11) is -9.47. The van der Waals surface area contributed by atoms with Crippen LogP contribution in [0.1, 0.15) is 43.0 Å². The summed E-state index contributed by atoms with van der Waals surface area (Å²) in [6.45, 7) is 3.20. The summed E-state index contributed by atoms with van der Waals surface area (Å²) in [5.41, 5.74) is -1.16. The molecule has 12 nitrogen and oxygen atoms in total. The second-order valence-corrected chi connectivity index (χ2v) is 12.4. The molecule has 14 heteroatoms. The van der Waals surface area contributed by atoms with Crippen LogP contribution in [0, 0.1) is 13.8 Å². The van der Waals surface area contributed by atoms with Crippen molar-refractivity contribution in [3.63, 3.8) is 0 Å². The lowest BCUT2D eigenvalue weighted by Crippen LogP contribution is -2.24. The third kappa shape index (κ3) is 4.96. The van der Waals surface area contributed by atoms with Crippen LogP contribution in [0.4, 0.5) is 22.7 Å². The number of nitrogens with one attached hydrogen (secondary N) is 2. The molecule has 0 aliphatic heterocycles. The molecule has 0 fully saturated rings. The van der Waals surface area contributed by atoms with Gasteiger partial charge in [-0.3, -0.25) is 18.7 Å². The summed E-state index contributed by atoms with van der Waals surface area (Å²) in [5.74, 6) is -3.04. The highest BCUT2D eigenvalue weighted by molar-refractivity contribution is 7.86. The van der Waals surface area contributed by atoms with Gasteiger partial charge >= 0.3 is 0 Å². The van der Waals surface area contributed by atoms with E-state index in [0.29, 0.717) is 11.1 Å². The van der Waals surface area contributed by atoms with Gasteiger partial charge in [-0.15, -0.1) is 0 Å². The molecular formula is C28H22N2O10S2. The van der Waals surface area contributed by atoms with Gasteiger partial charge in [-0.25, -0.2) is 0 Å². The molecule has 1 aliphatic carbocycles. The van der Waals surface area contributed by atoms with Crippen LogP contribution >= 0.6 is 0 Å². The number of phenols is 2. The molecule has 4 aromatic carbocycles. The van der Waals surface area contributed by atoms with Gasteiger partial charge in [-0.1, -0.05) is 12.1 Å². The minimum absolute atomic E-state index is 0.102. The summed E-state index contributed by atoms with van der Waals surface area (Å²) in [4.78, 5) is 26.7. The number of hydrogen-bond donors (Lipinski definition) is 6. The van der Waals surface area contributed by atoms with E-state index in [1.54, 1.807) is 26.0 Å². The van der Waals surface area contributed by atoms with Crippen LogP contribution < -0.4 is 10.6 Å². The average Bonchev–Trinajstić information content (AvgIpc) is 2.90. The van der Waals surface area contributed by atoms with Gasteiger partial charge in [-0.2, -0.15) is 16.8 Å². The number of rotatable bonds is 6. The summed E-state index contributed by atoms with van der Waals surface area (Å²) in [6, 6.07) is 12.8. The standard InChI is InChI=1S/C28H22N2O10S2/c1-13-3-5-15(21(11-13)41(35,36)37)29-17-7-8-18(30-16-6-4-14(2)12-22(16)42(38,39)40)24-23(17)27(33)25-19(31)9-10-20(32)26(25)28(24)34/h3-12,29-32H,1-2H3,(H,35,36,37)(H,38,39,40). The number of phenolic OH excluding ortho intramolecular Hbond substituents is 2. The zero-order chi connectivity index (χ0) is 30.7.